The minimum atomic E-state index is -1.02. The van der Waals surface area contributed by atoms with E-state index in [9.17, 15) is 9.59 Å². The molecule has 0 unspecified atom stereocenters. The molecule has 1 N–H and O–H groups in total. The number of carbonyl (C=O) groups is 1. The maximum atomic E-state index is 11.2. The molecule has 0 fully saturated rings. The molecule has 0 bridgehead atoms. The minimum Gasteiger partial charge on any atom is -0.478 e. The first kappa shape index (κ1) is 10.4. The van der Waals surface area contributed by atoms with E-state index in [1.54, 1.807) is 19.9 Å². The Morgan fingerprint density at radius 1 is 1.31 bits per heavy atom. The molecule has 2 rings (SSSR count). The van der Waals surface area contributed by atoms with Crippen molar-refractivity contribution in [2.24, 2.45) is 0 Å². The van der Waals surface area contributed by atoms with E-state index in [1.165, 1.54) is 12.1 Å². The van der Waals surface area contributed by atoms with Crippen molar-refractivity contribution in [3.8, 4) is 0 Å². The molecule has 0 atom stereocenters. The summed E-state index contributed by atoms with van der Waals surface area (Å²) in [5.41, 5.74) is 1.30. The van der Waals surface area contributed by atoms with Gasteiger partial charge in [0.1, 0.15) is 5.58 Å². The maximum Gasteiger partial charge on any atom is 0.336 e. The van der Waals surface area contributed by atoms with Crippen LogP contribution in [0, 0.1) is 13.8 Å². The molecule has 1 aromatic heterocycles. The van der Waals surface area contributed by atoms with Gasteiger partial charge in [-0.25, -0.2) is 9.59 Å². The van der Waals surface area contributed by atoms with E-state index < -0.39 is 11.6 Å². The highest BCUT2D eigenvalue weighted by molar-refractivity contribution is 5.96. The smallest absolute Gasteiger partial charge is 0.336 e. The van der Waals surface area contributed by atoms with Gasteiger partial charge in [-0.3, -0.25) is 0 Å². The van der Waals surface area contributed by atoms with Gasteiger partial charge in [-0.05, 0) is 25.5 Å². The van der Waals surface area contributed by atoms with Crippen molar-refractivity contribution in [1.82, 2.24) is 0 Å². The van der Waals surface area contributed by atoms with Crippen molar-refractivity contribution in [2.75, 3.05) is 0 Å². The van der Waals surface area contributed by atoms with Gasteiger partial charge in [0.15, 0.2) is 0 Å². The summed E-state index contributed by atoms with van der Waals surface area (Å²) in [5, 5.41) is 9.71. The molecule has 0 amide bonds. The Morgan fingerprint density at radius 2 is 2.00 bits per heavy atom. The van der Waals surface area contributed by atoms with Crippen molar-refractivity contribution in [3.63, 3.8) is 0 Å². The van der Waals surface area contributed by atoms with Gasteiger partial charge in [0.2, 0.25) is 0 Å². The summed E-state index contributed by atoms with van der Waals surface area (Å²) in [6, 6.07) is 4.57. The van der Waals surface area contributed by atoms with Crippen LogP contribution in [0.4, 0.5) is 0 Å². The summed E-state index contributed by atoms with van der Waals surface area (Å²) in [6.07, 6.45) is 0. The standard InChI is InChI=1S/C12H10O4/c1-6-5-10(13)16-11-7(2)9(12(14)15)4-3-8(6)11/h3-5H,1-2H3,(H,14,15). The van der Waals surface area contributed by atoms with Crippen molar-refractivity contribution in [1.29, 1.82) is 0 Å². The van der Waals surface area contributed by atoms with Crippen LogP contribution in [0.15, 0.2) is 27.4 Å². The third kappa shape index (κ3) is 1.48. The maximum absolute atomic E-state index is 11.2. The quantitative estimate of drug-likeness (QED) is 0.744. The third-order valence-corrected chi connectivity index (χ3v) is 2.60. The van der Waals surface area contributed by atoms with Gasteiger partial charge < -0.3 is 9.52 Å². The number of carboxylic acids is 1. The number of hydrogen-bond donors (Lipinski definition) is 1. The second kappa shape index (κ2) is 3.48. The number of aryl methyl sites for hydroxylation is 2. The normalized spacial score (nSPS) is 10.6. The third-order valence-electron chi connectivity index (χ3n) is 2.60. The Kier molecular flexibility index (Phi) is 2.27. The fourth-order valence-electron chi connectivity index (χ4n) is 1.75. The van der Waals surface area contributed by atoms with Crippen molar-refractivity contribution < 1.29 is 14.3 Å². The predicted molar refractivity (Wildman–Crippen MR) is 58.9 cm³/mol. The van der Waals surface area contributed by atoms with E-state index >= 15 is 0 Å². The summed E-state index contributed by atoms with van der Waals surface area (Å²) in [4.78, 5) is 22.1. The second-order valence-electron chi connectivity index (χ2n) is 3.67. The zero-order valence-electron chi connectivity index (χ0n) is 8.90. The van der Waals surface area contributed by atoms with Crippen molar-refractivity contribution in [2.45, 2.75) is 13.8 Å². The lowest BCUT2D eigenvalue weighted by molar-refractivity contribution is 0.0696. The number of carboxylic acid groups (broad SMARTS) is 1. The van der Waals surface area contributed by atoms with Crippen molar-refractivity contribution >= 4 is 16.9 Å². The molecule has 1 aromatic carbocycles. The van der Waals surface area contributed by atoms with E-state index in [4.69, 9.17) is 9.52 Å². The van der Waals surface area contributed by atoms with Crippen LogP contribution in [0.1, 0.15) is 21.5 Å². The fourth-order valence-corrected chi connectivity index (χ4v) is 1.75. The molecule has 4 nitrogen and oxygen atoms in total. The van der Waals surface area contributed by atoms with Crippen LogP contribution in [0.3, 0.4) is 0 Å². The Morgan fingerprint density at radius 3 is 2.62 bits per heavy atom. The molecule has 2 aromatic rings. The van der Waals surface area contributed by atoms with E-state index in [0.717, 1.165) is 10.9 Å². The first-order valence-corrected chi connectivity index (χ1v) is 4.78. The number of hydrogen-bond acceptors (Lipinski definition) is 3. The largest absolute Gasteiger partial charge is 0.478 e. The Bertz CT molecular complexity index is 637. The zero-order chi connectivity index (χ0) is 11.9. The predicted octanol–water partition coefficient (Wildman–Crippen LogP) is 2.11. The van der Waals surface area contributed by atoms with Crippen LogP contribution < -0.4 is 5.63 Å². The molecular formula is C12H10O4. The van der Waals surface area contributed by atoms with Gasteiger partial charge >= 0.3 is 11.6 Å². The second-order valence-corrected chi connectivity index (χ2v) is 3.67. The molecular weight excluding hydrogens is 208 g/mol. The molecule has 16 heavy (non-hydrogen) atoms. The van der Waals surface area contributed by atoms with Crippen molar-refractivity contribution in [3.05, 3.63) is 45.3 Å². The molecule has 0 aliphatic rings. The fraction of sp³-hybridized carbons (Fsp3) is 0.167. The Labute approximate surface area is 91.1 Å². The Balaban J connectivity index is 2.94. The number of benzene rings is 1. The monoisotopic (exact) mass is 218 g/mol. The molecule has 0 aliphatic heterocycles. The van der Waals surface area contributed by atoms with Crippen LogP contribution in [0.2, 0.25) is 0 Å². The number of fused-ring (bicyclic) bond motifs is 1. The first-order chi connectivity index (χ1) is 7.50. The SMILES string of the molecule is Cc1cc(=O)oc2c(C)c(C(=O)O)ccc12. The molecule has 0 saturated carbocycles. The van der Waals surface area contributed by atoms with Gasteiger partial charge in [-0.1, -0.05) is 6.07 Å². The van der Waals surface area contributed by atoms with Gasteiger partial charge in [0.05, 0.1) is 5.56 Å². The lowest BCUT2D eigenvalue weighted by Crippen LogP contribution is -2.03. The van der Waals surface area contributed by atoms with Crippen LogP contribution in [0.25, 0.3) is 11.0 Å². The summed E-state index contributed by atoms with van der Waals surface area (Å²) in [6.45, 7) is 3.42. The first-order valence-electron chi connectivity index (χ1n) is 4.78. The topological polar surface area (TPSA) is 67.5 Å². The highest BCUT2D eigenvalue weighted by Gasteiger charge is 2.12. The highest BCUT2D eigenvalue weighted by atomic mass is 16.4. The lowest BCUT2D eigenvalue weighted by atomic mass is 10.0. The van der Waals surface area contributed by atoms with Gasteiger partial charge in [0.25, 0.3) is 0 Å². The Hall–Kier alpha value is -2.10. The molecule has 0 aliphatic carbocycles. The number of rotatable bonds is 1. The van der Waals surface area contributed by atoms with Crippen LogP contribution >= 0.6 is 0 Å². The highest BCUT2D eigenvalue weighted by Crippen LogP contribution is 2.22. The van der Waals surface area contributed by atoms with Crippen LogP contribution in [-0.2, 0) is 0 Å². The van der Waals surface area contributed by atoms with Gasteiger partial charge in [-0.2, -0.15) is 0 Å². The summed E-state index contributed by atoms with van der Waals surface area (Å²) in [5.74, 6) is -1.02. The minimum absolute atomic E-state index is 0.154. The van der Waals surface area contributed by atoms with E-state index in [2.05, 4.69) is 0 Å². The molecule has 82 valence electrons. The van der Waals surface area contributed by atoms with E-state index in [-0.39, 0.29) is 5.56 Å². The average Bonchev–Trinajstić information content (AvgIpc) is 2.19. The van der Waals surface area contributed by atoms with Crippen LogP contribution in [0.5, 0.6) is 0 Å². The van der Waals surface area contributed by atoms with Crippen LogP contribution in [-0.4, -0.2) is 11.1 Å². The average molecular weight is 218 g/mol. The molecule has 0 radical (unpaired) electrons. The van der Waals surface area contributed by atoms with E-state index in [1.807, 2.05) is 0 Å². The van der Waals surface area contributed by atoms with Gasteiger partial charge in [-0.15, -0.1) is 0 Å². The van der Waals surface area contributed by atoms with Gasteiger partial charge in [0, 0.05) is 17.0 Å². The summed E-state index contributed by atoms with van der Waals surface area (Å²) < 4.78 is 5.05. The zero-order valence-corrected chi connectivity index (χ0v) is 8.90. The molecule has 1 heterocycles. The molecule has 0 saturated heterocycles. The van der Waals surface area contributed by atoms with E-state index in [0.29, 0.717) is 11.1 Å². The summed E-state index contributed by atoms with van der Waals surface area (Å²) >= 11 is 0. The molecule has 4 heteroatoms. The molecule has 0 spiro atoms. The summed E-state index contributed by atoms with van der Waals surface area (Å²) in [7, 11) is 0. The lowest BCUT2D eigenvalue weighted by Gasteiger charge is -2.05. The number of aromatic carboxylic acids is 1.